The highest BCUT2D eigenvalue weighted by Gasteiger charge is 2.32. The summed E-state index contributed by atoms with van der Waals surface area (Å²) in [7, 11) is 4.35. The fourth-order valence-electron chi connectivity index (χ4n) is 1.83. The summed E-state index contributed by atoms with van der Waals surface area (Å²) < 4.78 is 21.2. The first-order valence-corrected chi connectivity index (χ1v) is 5.77. The summed E-state index contributed by atoms with van der Waals surface area (Å²) in [4.78, 5) is 15.1. The molecule has 0 aliphatic carbocycles. The molecule has 2 rings (SSSR count). The van der Waals surface area contributed by atoms with Crippen LogP contribution in [-0.2, 0) is 15.3 Å². The van der Waals surface area contributed by atoms with Gasteiger partial charge in [0.15, 0.2) is 11.3 Å². The lowest BCUT2D eigenvalue weighted by molar-refractivity contribution is -0.212. The first-order chi connectivity index (χ1) is 9.46. The van der Waals surface area contributed by atoms with Crippen LogP contribution in [0.2, 0.25) is 0 Å². The molecule has 0 saturated carbocycles. The molecule has 20 heavy (non-hydrogen) atoms. The highest BCUT2D eigenvalue weighted by atomic mass is 16.7. The van der Waals surface area contributed by atoms with Crippen LogP contribution in [-0.4, -0.2) is 37.4 Å². The Hall–Kier alpha value is -2.12. The number of fused-ring (bicyclic) bond motifs is 1. The summed E-state index contributed by atoms with van der Waals surface area (Å²) in [5, 5.41) is 9.56. The maximum Gasteiger partial charge on any atom is 0.338 e. The Balaban J connectivity index is 2.74. The lowest BCUT2D eigenvalue weighted by Gasteiger charge is -2.23. The number of pyridine rings is 1. The normalized spacial score (nSPS) is 11.8. The molecule has 0 saturated heterocycles. The van der Waals surface area contributed by atoms with Gasteiger partial charge in [0.05, 0.1) is 12.7 Å². The van der Waals surface area contributed by atoms with Crippen molar-refractivity contribution in [3.8, 4) is 5.88 Å². The first kappa shape index (κ1) is 14.3. The Morgan fingerprint density at radius 3 is 2.50 bits per heavy atom. The molecule has 0 aromatic carbocycles. The molecule has 0 spiro atoms. The average Bonchev–Trinajstić information content (AvgIpc) is 2.90. The molecule has 0 radical (unpaired) electrons. The van der Waals surface area contributed by atoms with Gasteiger partial charge in [-0.05, 0) is 13.0 Å². The number of carboxylic acid groups (broad SMARTS) is 1. The Morgan fingerprint density at radius 2 is 2.00 bits per heavy atom. The number of hydrogen-bond donors (Lipinski definition) is 1. The van der Waals surface area contributed by atoms with Crippen molar-refractivity contribution in [1.29, 1.82) is 0 Å². The van der Waals surface area contributed by atoms with Crippen LogP contribution in [0, 0.1) is 0 Å². The second-order valence-electron chi connectivity index (χ2n) is 4.19. The molecule has 2 aromatic heterocycles. The molecule has 0 unspecified atom stereocenters. The van der Waals surface area contributed by atoms with Gasteiger partial charge >= 0.3 is 5.97 Å². The summed E-state index contributed by atoms with van der Waals surface area (Å²) in [6, 6.07) is 1.55. The number of ether oxygens (including phenoxy) is 3. The molecule has 0 bridgehead atoms. The molecule has 0 aliphatic rings. The Morgan fingerprint density at radius 1 is 1.35 bits per heavy atom. The van der Waals surface area contributed by atoms with E-state index in [1.807, 2.05) is 0 Å². The van der Waals surface area contributed by atoms with Crippen LogP contribution >= 0.6 is 0 Å². The zero-order chi connectivity index (χ0) is 14.9. The van der Waals surface area contributed by atoms with E-state index in [9.17, 15) is 9.90 Å². The van der Waals surface area contributed by atoms with E-state index in [0.717, 1.165) is 0 Å². The lowest BCUT2D eigenvalue weighted by Crippen LogP contribution is -2.25. The van der Waals surface area contributed by atoms with Crippen LogP contribution in [0.15, 0.2) is 16.7 Å². The van der Waals surface area contributed by atoms with Gasteiger partial charge in [-0.25, -0.2) is 9.78 Å². The first-order valence-electron chi connectivity index (χ1n) is 5.77. The van der Waals surface area contributed by atoms with Gasteiger partial charge in [-0.2, -0.15) is 0 Å². The van der Waals surface area contributed by atoms with Gasteiger partial charge in [-0.1, -0.05) is 0 Å². The number of nitrogens with zero attached hydrogens (tertiary/aromatic N) is 1. The van der Waals surface area contributed by atoms with E-state index < -0.39 is 11.8 Å². The van der Waals surface area contributed by atoms with Crippen LogP contribution in [0.5, 0.6) is 5.88 Å². The number of rotatable bonds is 5. The molecular formula is C13H15NO6. The van der Waals surface area contributed by atoms with E-state index in [1.165, 1.54) is 27.5 Å². The topological polar surface area (TPSA) is 91.0 Å². The number of aromatic nitrogens is 1. The van der Waals surface area contributed by atoms with Crippen molar-refractivity contribution in [2.24, 2.45) is 0 Å². The van der Waals surface area contributed by atoms with Gasteiger partial charge in [0.2, 0.25) is 5.79 Å². The molecule has 0 atom stereocenters. The van der Waals surface area contributed by atoms with Crippen LogP contribution < -0.4 is 4.74 Å². The van der Waals surface area contributed by atoms with Crippen molar-refractivity contribution in [3.05, 3.63) is 23.6 Å². The summed E-state index contributed by atoms with van der Waals surface area (Å²) >= 11 is 0. The van der Waals surface area contributed by atoms with Gasteiger partial charge in [-0.3, -0.25) is 0 Å². The zero-order valence-electron chi connectivity index (χ0n) is 11.6. The van der Waals surface area contributed by atoms with E-state index in [1.54, 1.807) is 13.0 Å². The maximum absolute atomic E-state index is 11.2. The minimum Gasteiger partial charge on any atom is -0.478 e. The third-order valence-electron chi connectivity index (χ3n) is 3.18. The summed E-state index contributed by atoms with van der Waals surface area (Å²) in [5.74, 6) is -1.70. The third kappa shape index (κ3) is 2.10. The Labute approximate surface area is 115 Å². The highest BCUT2D eigenvalue weighted by molar-refractivity contribution is 6.03. The van der Waals surface area contributed by atoms with Gasteiger partial charge in [0.25, 0.3) is 5.88 Å². The van der Waals surface area contributed by atoms with Gasteiger partial charge < -0.3 is 23.7 Å². The van der Waals surface area contributed by atoms with E-state index in [0.29, 0.717) is 11.1 Å². The van der Waals surface area contributed by atoms with Crippen molar-refractivity contribution >= 4 is 16.9 Å². The van der Waals surface area contributed by atoms with Crippen LogP contribution in [0.1, 0.15) is 23.0 Å². The number of furan rings is 1. The predicted octanol–water partition coefficient (Wildman–Crippen LogP) is 2.00. The van der Waals surface area contributed by atoms with Crippen molar-refractivity contribution in [1.82, 2.24) is 4.98 Å². The fourth-order valence-corrected chi connectivity index (χ4v) is 1.83. The van der Waals surface area contributed by atoms with E-state index in [-0.39, 0.29) is 17.0 Å². The van der Waals surface area contributed by atoms with Crippen molar-refractivity contribution in [2.45, 2.75) is 12.7 Å². The SMILES string of the molecule is COc1ncc(C(=O)O)c2cc(C(C)(OC)OC)oc12. The standard InChI is InChI=1S/C13H15NO6/c1-13(18-3,19-4)9-5-7-8(12(15)16)6-14-11(17-2)10(7)20-9/h5-6H,1-4H3,(H,15,16). The smallest absolute Gasteiger partial charge is 0.338 e. The highest BCUT2D eigenvalue weighted by Crippen LogP contribution is 2.35. The Kier molecular flexibility index (Phi) is 3.65. The molecular weight excluding hydrogens is 266 g/mol. The summed E-state index contributed by atoms with van der Waals surface area (Å²) in [6.07, 6.45) is 1.22. The maximum atomic E-state index is 11.2. The minimum atomic E-state index is -1.13. The second-order valence-corrected chi connectivity index (χ2v) is 4.19. The van der Waals surface area contributed by atoms with Crippen molar-refractivity contribution in [3.63, 3.8) is 0 Å². The minimum absolute atomic E-state index is 0.0188. The van der Waals surface area contributed by atoms with Gasteiger partial charge in [0.1, 0.15) is 0 Å². The second kappa shape index (κ2) is 5.10. The monoisotopic (exact) mass is 281 g/mol. The number of aromatic carboxylic acids is 1. The molecule has 108 valence electrons. The molecule has 0 fully saturated rings. The van der Waals surface area contributed by atoms with Crippen LogP contribution in [0.25, 0.3) is 11.0 Å². The molecule has 2 heterocycles. The molecule has 7 nitrogen and oxygen atoms in total. The molecule has 0 aliphatic heterocycles. The average molecular weight is 281 g/mol. The lowest BCUT2D eigenvalue weighted by atomic mass is 10.1. The van der Waals surface area contributed by atoms with Crippen LogP contribution in [0.3, 0.4) is 0 Å². The number of carboxylic acids is 1. The fraction of sp³-hybridized carbons (Fsp3) is 0.385. The number of carbonyl (C=O) groups is 1. The molecule has 0 amide bonds. The number of hydrogen-bond acceptors (Lipinski definition) is 6. The quantitative estimate of drug-likeness (QED) is 0.838. The molecule has 2 aromatic rings. The van der Waals surface area contributed by atoms with Crippen LogP contribution in [0.4, 0.5) is 0 Å². The Bertz CT molecular complexity index is 644. The third-order valence-corrected chi connectivity index (χ3v) is 3.18. The van der Waals surface area contributed by atoms with Crippen molar-refractivity contribution < 1.29 is 28.5 Å². The van der Waals surface area contributed by atoms with Crippen molar-refractivity contribution in [2.75, 3.05) is 21.3 Å². The zero-order valence-corrected chi connectivity index (χ0v) is 11.6. The summed E-state index contributed by atoms with van der Waals surface area (Å²) in [5.41, 5.74) is 0.257. The largest absolute Gasteiger partial charge is 0.478 e. The number of methoxy groups -OCH3 is 3. The van der Waals surface area contributed by atoms with E-state index in [4.69, 9.17) is 18.6 Å². The van der Waals surface area contributed by atoms with E-state index >= 15 is 0 Å². The van der Waals surface area contributed by atoms with Gasteiger partial charge in [-0.15, -0.1) is 0 Å². The molecule has 7 heteroatoms. The van der Waals surface area contributed by atoms with E-state index in [2.05, 4.69) is 4.98 Å². The summed E-state index contributed by atoms with van der Waals surface area (Å²) in [6.45, 7) is 1.66. The molecule has 1 N–H and O–H groups in total. The van der Waals surface area contributed by atoms with Gasteiger partial charge in [0, 0.05) is 25.8 Å². The predicted molar refractivity (Wildman–Crippen MR) is 68.9 cm³/mol.